The molecule has 0 radical (unpaired) electrons. The van der Waals surface area contributed by atoms with Crippen LogP contribution >= 0.6 is 35.0 Å². The van der Waals surface area contributed by atoms with E-state index in [9.17, 15) is 4.79 Å². The van der Waals surface area contributed by atoms with Crippen LogP contribution in [0.2, 0.25) is 10.3 Å². The van der Waals surface area contributed by atoms with Crippen LogP contribution in [0.5, 0.6) is 0 Å². The maximum atomic E-state index is 10.6. The molecule has 2 rings (SSSR count). The first-order chi connectivity index (χ1) is 10.0. The minimum Gasteiger partial charge on any atom is -0.392 e. The summed E-state index contributed by atoms with van der Waals surface area (Å²) in [5, 5.41) is 9.58. The van der Waals surface area contributed by atoms with Gasteiger partial charge in [-0.1, -0.05) is 35.0 Å². The van der Waals surface area contributed by atoms with Gasteiger partial charge < -0.3 is 5.11 Å². The molecule has 0 unspecified atom stereocenters. The largest absolute Gasteiger partial charge is 0.392 e. The van der Waals surface area contributed by atoms with Gasteiger partial charge in [0.05, 0.1) is 6.61 Å². The number of thioether (sulfide) groups is 1. The molecule has 0 aromatic carbocycles. The highest BCUT2D eigenvalue weighted by molar-refractivity contribution is 8.12. The molecule has 0 saturated carbocycles. The maximum absolute atomic E-state index is 10.6. The number of aliphatic hydroxyl groups is 1. The van der Waals surface area contributed by atoms with Gasteiger partial charge in [0.15, 0.2) is 5.12 Å². The van der Waals surface area contributed by atoms with E-state index in [1.807, 2.05) is 6.07 Å². The molecule has 7 heteroatoms. The van der Waals surface area contributed by atoms with E-state index in [0.717, 1.165) is 11.1 Å². The fourth-order valence-electron chi connectivity index (χ4n) is 1.26. The van der Waals surface area contributed by atoms with Gasteiger partial charge in [-0.2, -0.15) is 0 Å². The van der Waals surface area contributed by atoms with E-state index in [1.54, 1.807) is 37.5 Å². The minimum atomic E-state index is 0.0161. The lowest BCUT2D eigenvalue weighted by Gasteiger charge is -1.97. The van der Waals surface area contributed by atoms with Gasteiger partial charge in [-0.15, -0.1) is 0 Å². The third-order valence-corrected chi connectivity index (χ3v) is 3.50. The van der Waals surface area contributed by atoms with Crippen LogP contribution in [0.25, 0.3) is 0 Å². The lowest BCUT2D eigenvalue weighted by atomic mass is 10.3. The number of pyridine rings is 2. The molecule has 0 aliphatic carbocycles. The molecule has 112 valence electrons. The number of carbonyl (C=O) groups excluding carboxylic acids is 1. The summed E-state index contributed by atoms with van der Waals surface area (Å²) in [6.07, 6.45) is 3.20. The third kappa shape index (κ3) is 8.02. The molecule has 2 aromatic rings. The smallest absolute Gasteiger partial charge is 0.186 e. The first-order valence-corrected chi connectivity index (χ1v) is 7.70. The van der Waals surface area contributed by atoms with Gasteiger partial charge in [-0.05, 0) is 35.4 Å². The number of carbonyl (C=O) groups is 1. The molecule has 0 bridgehead atoms. The van der Waals surface area contributed by atoms with Crippen molar-refractivity contribution in [3.63, 3.8) is 0 Å². The third-order valence-electron chi connectivity index (χ3n) is 2.21. The normalized spacial score (nSPS) is 9.71. The highest BCUT2D eigenvalue weighted by Crippen LogP contribution is 2.14. The zero-order valence-electron chi connectivity index (χ0n) is 11.3. The Bertz CT molecular complexity index is 597. The first-order valence-electron chi connectivity index (χ1n) is 5.96. The number of halogens is 2. The van der Waals surface area contributed by atoms with Crippen molar-refractivity contribution in [3.05, 3.63) is 58.1 Å². The van der Waals surface area contributed by atoms with E-state index >= 15 is 0 Å². The van der Waals surface area contributed by atoms with E-state index in [0.29, 0.717) is 16.1 Å². The molecule has 21 heavy (non-hydrogen) atoms. The average Bonchev–Trinajstić information content (AvgIpc) is 2.46. The summed E-state index contributed by atoms with van der Waals surface area (Å²) in [6.45, 7) is 1.57. The van der Waals surface area contributed by atoms with E-state index in [4.69, 9.17) is 28.3 Å². The molecular weight excluding hydrogens is 331 g/mol. The van der Waals surface area contributed by atoms with Crippen molar-refractivity contribution in [3.8, 4) is 0 Å². The summed E-state index contributed by atoms with van der Waals surface area (Å²) in [4.78, 5) is 18.2. The average molecular weight is 345 g/mol. The van der Waals surface area contributed by atoms with E-state index in [-0.39, 0.29) is 11.7 Å². The second kappa shape index (κ2) is 9.73. The van der Waals surface area contributed by atoms with Crippen molar-refractivity contribution >= 4 is 40.1 Å². The van der Waals surface area contributed by atoms with Crippen molar-refractivity contribution in [1.29, 1.82) is 0 Å². The number of nitrogens with zero attached hydrogens (tertiary/aromatic N) is 2. The van der Waals surface area contributed by atoms with Crippen molar-refractivity contribution in [2.45, 2.75) is 19.3 Å². The molecule has 0 atom stereocenters. The summed E-state index contributed by atoms with van der Waals surface area (Å²) < 4.78 is 0. The second-order valence-corrected chi connectivity index (χ2v) is 5.84. The molecule has 2 aromatic heterocycles. The minimum absolute atomic E-state index is 0.0161. The Hall–Kier alpha value is -1.14. The maximum Gasteiger partial charge on any atom is 0.186 e. The SMILES string of the molecule is CC(=O)SCc1ccnc(Cl)c1.OCc1ccnc(Cl)c1. The monoisotopic (exact) mass is 344 g/mol. The lowest BCUT2D eigenvalue weighted by molar-refractivity contribution is -0.109. The second-order valence-electron chi connectivity index (χ2n) is 3.91. The predicted octanol–water partition coefficient (Wildman–Crippen LogP) is 3.74. The topological polar surface area (TPSA) is 63.1 Å². The van der Waals surface area contributed by atoms with Crippen LogP contribution < -0.4 is 0 Å². The molecule has 0 saturated heterocycles. The van der Waals surface area contributed by atoms with Crippen molar-refractivity contribution in [2.75, 3.05) is 0 Å². The quantitative estimate of drug-likeness (QED) is 0.859. The van der Waals surface area contributed by atoms with Gasteiger partial charge in [0.2, 0.25) is 0 Å². The standard InChI is InChI=1S/C8H8ClNOS.C6H6ClNO/c1-6(11)12-5-7-2-3-10-8(9)4-7;7-6-3-5(4-9)1-2-8-6/h2-4H,5H2,1H3;1-3,9H,4H2. The zero-order valence-corrected chi connectivity index (χ0v) is 13.6. The van der Waals surface area contributed by atoms with Gasteiger partial charge >= 0.3 is 0 Å². The number of aromatic nitrogens is 2. The van der Waals surface area contributed by atoms with E-state index < -0.39 is 0 Å². The van der Waals surface area contributed by atoms with Gasteiger partial charge in [0.1, 0.15) is 10.3 Å². The predicted molar refractivity (Wildman–Crippen MR) is 86.4 cm³/mol. The summed E-state index contributed by atoms with van der Waals surface area (Å²) in [6, 6.07) is 6.95. The van der Waals surface area contributed by atoms with E-state index in [2.05, 4.69) is 9.97 Å². The van der Waals surface area contributed by atoms with Gasteiger partial charge in [0.25, 0.3) is 0 Å². The molecule has 0 aliphatic heterocycles. The van der Waals surface area contributed by atoms with Gasteiger partial charge in [-0.25, -0.2) is 9.97 Å². The number of rotatable bonds is 3. The van der Waals surface area contributed by atoms with E-state index in [1.165, 1.54) is 11.8 Å². The first kappa shape index (κ1) is 17.9. The summed E-state index contributed by atoms with van der Waals surface area (Å²) in [5.74, 6) is 0.664. The Morgan fingerprint density at radius 3 is 2.10 bits per heavy atom. The molecule has 2 heterocycles. The molecule has 0 aliphatic rings. The molecular formula is C14H14Cl2N2O2S. The van der Waals surface area contributed by atoms with Crippen molar-refractivity contribution in [1.82, 2.24) is 9.97 Å². The van der Waals surface area contributed by atoms with Crippen molar-refractivity contribution in [2.24, 2.45) is 0 Å². The summed E-state index contributed by atoms with van der Waals surface area (Å²) >= 11 is 12.4. The number of hydrogen-bond acceptors (Lipinski definition) is 5. The lowest BCUT2D eigenvalue weighted by Crippen LogP contribution is -1.86. The fraction of sp³-hybridized carbons (Fsp3) is 0.214. The fourth-order valence-corrected chi connectivity index (χ4v) is 2.20. The van der Waals surface area contributed by atoms with Crippen LogP contribution in [0.1, 0.15) is 18.1 Å². The molecule has 0 fully saturated rings. The highest BCUT2D eigenvalue weighted by atomic mass is 35.5. The van der Waals surface area contributed by atoms with Crippen LogP contribution in [0, 0.1) is 0 Å². The molecule has 4 nitrogen and oxygen atoms in total. The summed E-state index contributed by atoms with van der Waals surface area (Å²) in [7, 11) is 0. The molecule has 1 N–H and O–H groups in total. The van der Waals surface area contributed by atoms with Crippen LogP contribution in [0.4, 0.5) is 0 Å². The Labute approximate surface area is 137 Å². The summed E-state index contributed by atoms with van der Waals surface area (Å²) in [5.41, 5.74) is 1.81. The van der Waals surface area contributed by atoms with Crippen LogP contribution in [0.3, 0.4) is 0 Å². The van der Waals surface area contributed by atoms with Gasteiger partial charge in [-0.3, -0.25) is 4.79 Å². The highest BCUT2D eigenvalue weighted by Gasteiger charge is 1.97. The van der Waals surface area contributed by atoms with Crippen LogP contribution in [-0.4, -0.2) is 20.2 Å². The Morgan fingerprint density at radius 2 is 1.67 bits per heavy atom. The number of hydrogen-bond donors (Lipinski definition) is 1. The Balaban J connectivity index is 0.000000219. The molecule has 0 amide bonds. The van der Waals surface area contributed by atoms with Crippen LogP contribution in [0.15, 0.2) is 36.7 Å². The van der Waals surface area contributed by atoms with Gasteiger partial charge in [0, 0.05) is 25.1 Å². The Morgan fingerprint density at radius 1 is 1.14 bits per heavy atom. The molecule has 0 spiro atoms. The zero-order chi connectivity index (χ0) is 15.7. The van der Waals surface area contributed by atoms with Crippen LogP contribution in [-0.2, 0) is 17.2 Å². The van der Waals surface area contributed by atoms with Crippen molar-refractivity contribution < 1.29 is 9.90 Å². The number of aliphatic hydroxyl groups excluding tert-OH is 1. The Kier molecular flexibility index (Phi) is 8.30.